The molecule has 0 unspecified atom stereocenters. The van der Waals surface area contributed by atoms with E-state index in [1.807, 2.05) is 13.8 Å². The minimum atomic E-state index is -3.97. The minimum Gasteiger partial charge on any atom is -0.497 e. The lowest BCUT2D eigenvalue weighted by Crippen LogP contribution is -2.52. The summed E-state index contributed by atoms with van der Waals surface area (Å²) in [4.78, 5) is 14.6. The van der Waals surface area contributed by atoms with Gasteiger partial charge in [0.05, 0.1) is 14.2 Å². The Balaban J connectivity index is 2.31. The third kappa shape index (κ3) is 4.67. The van der Waals surface area contributed by atoms with E-state index in [1.54, 1.807) is 11.0 Å². The molecule has 0 spiro atoms. The largest absolute Gasteiger partial charge is 0.497 e. The predicted octanol–water partition coefficient (Wildman–Crippen LogP) is 2.02. The molecule has 1 fully saturated rings. The first-order chi connectivity index (χ1) is 12.3. The van der Waals surface area contributed by atoms with Gasteiger partial charge in [-0.2, -0.15) is 4.72 Å². The fourth-order valence-electron chi connectivity index (χ4n) is 3.01. The number of nitrogens with zero attached hydrogens (tertiary/aromatic N) is 1. The number of ether oxygens (including phenoxy) is 2. The highest BCUT2D eigenvalue weighted by Gasteiger charge is 2.33. The van der Waals surface area contributed by atoms with Crippen molar-refractivity contribution in [2.45, 2.75) is 44.0 Å². The molecule has 1 atom stereocenters. The van der Waals surface area contributed by atoms with E-state index in [1.165, 1.54) is 26.4 Å². The normalized spacial score (nSPS) is 16.4. The lowest BCUT2D eigenvalue weighted by atomic mass is 10.0. The zero-order valence-electron chi connectivity index (χ0n) is 15.8. The summed E-state index contributed by atoms with van der Waals surface area (Å²) in [6.45, 7) is 5.01. The zero-order valence-corrected chi connectivity index (χ0v) is 16.6. The number of carbonyl (C=O) groups is 1. The van der Waals surface area contributed by atoms with Crippen molar-refractivity contribution in [3.63, 3.8) is 0 Å². The Morgan fingerprint density at radius 3 is 2.31 bits per heavy atom. The van der Waals surface area contributed by atoms with E-state index in [-0.39, 0.29) is 22.5 Å². The molecule has 1 heterocycles. The summed E-state index contributed by atoms with van der Waals surface area (Å²) in [5.74, 6) is 0.238. The molecular formula is C18H28N2O5S. The van der Waals surface area contributed by atoms with Gasteiger partial charge in [-0.25, -0.2) is 8.42 Å². The van der Waals surface area contributed by atoms with Crippen LogP contribution in [0.4, 0.5) is 0 Å². The van der Waals surface area contributed by atoms with Gasteiger partial charge in [-0.05, 0) is 37.3 Å². The fourth-order valence-corrected chi connectivity index (χ4v) is 4.53. The smallest absolute Gasteiger partial charge is 0.245 e. The Kier molecular flexibility index (Phi) is 6.88. The Morgan fingerprint density at radius 1 is 1.12 bits per heavy atom. The molecule has 0 saturated carbocycles. The number of likely N-dealkylation sites (tertiary alicyclic amines) is 1. The van der Waals surface area contributed by atoms with E-state index >= 15 is 0 Å². The molecule has 1 saturated heterocycles. The van der Waals surface area contributed by atoms with E-state index in [2.05, 4.69) is 4.72 Å². The first-order valence-corrected chi connectivity index (χ1v) is 10.3. The van der Waals surface area contributed by atoms with Gasteiger partial charge in [0.2, 0.25) is 15.9 Å². The number of benzene rings is 1. The van der Waals surface area contributed by atoms with Crippen LogP contribution >= 0.6 is 0 Å². The van der Waals surface area contributed by atoms with Crippen LogP contribution in [0, 0.1) is 5.92 Å². The second-order valence-corrected chi connectivity index (χ2v) is 8.43. The van der Waals surface area contributed by atoms with Gasteiger partial charge in [-0.15, -0.1) is 0 Å². The predicted molar refractivity (Wildman–Crippen MR) is 98.9 cm³/mol. The molecule has 0 radical (unpaired) electrons. The summed E-state index contributed by atoms with van der Waals surface area (Å²) in [7, 11) is -1.10. The third-order valence-corrected chi connectivity index (χ3v) is 6.01. The van der Waals surface area contributed by atoms with Crippen molar-refractivity contribution < 1.29 is 22.7 Å². The monoisotopic (exact) mass is 384 g/mol. The number of amides is 1. The topological polar surface area (TPSA) is 84.9 Å². The van der Waals surface area contributed by atoms with Crippen molar-refractivity contribution in [1.82, 2.24) is 9.62 Å². The van der Waals surface area contributed by atoms with Gasteiger partial charge >= 0.3 is 0 Å². The molecule has 26 heavy (non-hydrogen) atoms. The standard InChI is InChI=1S/C18H28N2O5S/c1-13(2)17(18(21)20-10-6-5-7-11-20)19-26(22,23)16-12-14(24-3)8-9-15(16)25-4/h8-9,12-13,17,19H,5-7,10-11H2,1-4H3/t17-/m0/s1. The lowest BCUT2D eigenvalue weighted by molar-refractivity contribution is -0.134. The molecule has 0 aliphatic carbocycles. The van der Waals surface area contributed by atoms with Crippen LogP contribution < -0.4 is 14.2 Å². The maximum absolute atomic E-state index is 13.0. The zero-order chi connectivity index (χ0) is 19.3. The van der Waals surface area contributed by atoms with Crippen LogP contribution in [0.15, 0.2) is 23.1 Å². The van der Waals surface area contributed by atoms with Gasteiger partial charge < -0.3 is 14.4 Å². The van der Waals surface area contributed by atoms with E-state index in [0.717, 1.165) is 19.3 Å². The molecule has 1 amide bonds. The average molecular weight is 384 g/mol. The lowest BCUT2D eigenvalue weighted by Gasteiger charge is -2.32. The molecule has 7 nitrogen and oxygen atoms in total. The summed E-state index contributed by atoms with van der Waals surface area (Å²) in [5, 5.41) is 0. The van der Waals surface area contributed by atoms with Crippen LogP contribution in [0.1, 0.15) is 33.1 Å². The highest BCUT2D eigenvalue weighted by atomic mass is 32.2. The molecule has 2 rings (SSSR count). The first-order valence-electron chi connectivity index (χ1n) is 8.83. The Bertz CT molecular complexity index is 727. The Labute approximate surface area is 155 Å². The Hall–Kier alpha value is -1.80. The van der Waals surface area contributed by atoms with Gasteiger partial charge in [0.15, 0.2) is 0 Å². The van der Waals surface area contributed by atoms with Gasteiger partial charge in [0.1, 0.15) is 22.4 Å². The minimum absolute atomic E-state index is 0.0450. The van der Waals surface area contributed by atoms with Crippen LogP contribution in [-0.4, -0.2) is 52.6 Å². The van der Waals surface area contributed by atoms with Gasteiger partial charge in [-0.3, -0.25) is 4.79 Å². The van der Waals surface area contributed by atoms with Gasteiger partial charge in [0.25, 0.3) is 0 Å². The molecule has 1 aliphatic rings. The van der Waals surface area contributed by atoms with Crippen molar-refractivity contribution in [2.24, 2.45) is 5.92 Å². The molecule has 1 aromatic carbocycles. The molecular weight excluding hydrogens is 356 g/mol. The van der Waals surface area contributed by atoms with Crippen molar-refractivity contribution >= 4 is 15.9 Å². The number of piperidine rings is 1. The number of methoxy groups -OCH3 is 2. The van der Waals surface area contributed by atoms with Crippen molar-refractivity contribution in [2.75, 3.05) is 27.3 Å². The van der Waals surface area contributed by atoms with E-state index in [4.69, 9.17) is 9.47 Å². The highest BCUT2D eigenvalue weighted by Crippen LogP contribution is 2.28. The fraction of sp³-hybridized carbons (Fsp3) is 0.611. The maximum Gasteiger partial charge on any atom is 0.245 e. The molecule has 0 bridgehead atoms. The number of rotatable bonds is 7. The average Bonchev–Trinajstić information content (AvgIpc) is 2.65. The van der Waals surface area contributed by atoms with Crippen LogP contribution in [0.25, 0.3) is 0 Å². The van der Waals surface area contributed by atoms with E-state index in [9.17, 15) is 13.2 Å². The molecule has 146 valence electrons. The maximum atomic E-state index is 13.0. The van der Waals surface area contributed by atoms with Crippen molar-refractivity contribution in [3.05, 3.63) is 18.2 Å². The number of nitrogens with one attached hydrogen (secondary N) is 1. The highest BCUT2D eigenvalue weighted by molar-refractivity contribution is 7.89. The molecule has 1 N–H and O–H groups in total. The van der Waals surface area contributed by atoms with E-state index < -0.39 is 16.1 Å². The molecule has 8 heteroatoms. The number of carbonyl (C=O) groups excluding carboxylic acids is 1. The molecule has 0 aromatic heterocycles. The van der Waals surface area contributed by atoms with Crippen LogP contribution in [-0.2, 0) is 14.8 Å². The number of sulfonamides is 1. The summed E-state index contributed by atoms with van der Waals surface area (Å²) in [5.41, 5.74) is 0. The second-order valence-electron chi connectivity index (χ2n) is 6.75. The van der Waals surface area contributed by atoms with Crippen molar-refractivity contribution in [1.29, 1.82) is 0 Å². The van der Waals surface area contributed by atoms with Gasteiger partial charge in [0, 0.05) is 19.2 Å². The van der Waals surface area contributed by atoms with Gasteiger partial charge in [-0.1, -0.05) is 13.8 Å². The first kappa shape index (κ1) is 20.5. The quantitative estimate of drug-likeness (QED) is 0.777. The third-order valence-electron chi connectivity index (χ3n) is 4.54. The summed E-state index contributed by atoms with van der Waals surface area (Å²) in [6.07, 6.45) is 3.00. The summed E-state index contributed by atoms with van der Waals surface area (Å²) < 4.78 is 38.8. The molecule has 1 aromatic rings. The van der Waals surface area contributed by atoms with Crippen LogP contribution in [0.3, 0.4) is 0 Å². The second kappa shape index (κ2) is 8.73. The summed E-state index contributed by atoms with van der Waals surface area (Å²) >= 11 is 0. The molecule has 1 aliphatic heterocycles. The van der Waals surface area contributed by atoms with E-state index in [0.29, 0.717) is 18.8 Å². The van der Waals surface area contributed by atoms with Crippen LogP contribution in [0.5, 0.6) is 11.5 Å². The van der Waals surface area contributed by atoms with Crippen LogP contribution in [0.2, 0.25) is 0 Å². The number of hydrogen-bond acceptors (Lipinski definition) is 5. The number of hydrogen-bond donors (Lipinski definition) is 1. The summed E-state index contributed by atoms with van der Waals surface area (Å²) in [6, 6.07) is 3.72. The van der Waals surface area contributed by atoms with Crippen molar-refractivity contribution in [3.8, 4) is 11.5 Å². The Morgan fingerprint density at radius 2 is 1.77 bits per heavy atom. The SMILES string of the molecule is COc1ccc(OC)c(S(=O)(=O)N[C@H](C(=O)N2CCCCC2)C(C)C)c1.